The minimum Gasteiger partial charge on any atom is -0.465 e. The van der Waals surface area contributed by atoms with Crippen molar-refractivity contribution in [3.8, 4) is 23.0 Å². The first-order chi connectivity index (χ1) is 16.1. The molecule has 5 rings (SSSR count). The Kier molecular flexibility index (Phi) is 5.81. The average Bonchev–Trinajstić information content (AvgIpc) is 3.43. The first-order valence-electron chi connectivity index (χ1n) is 11.2. The van der Waals surface area contributed by atoms with Crippen molar-refractivity contribution in [2.45, 2.75) is 44.6 Å². The lowest BCUT2D eigenvalue weighted by Gasteiger charge is -2.20. The molecule has 170 valence electrons. The molecule has 2 aromatic carbocycles. The van der Waals surface area contributed by atoms with Gasteiger partial charge in [0.05, 0.1) is 12.7 Å². The maximum absolute atomic E-state index is 12.1. The quantitative estimate of drug-likeness (QED) is 0.484. The minimum atomic E-state index is -0.447. The summed E-state index contributed by atoms with van der Waals surface area (Å²) in [6, 6.07) is 12.5. The summed E-state index contributed by atoms with van der Waals surface area (Å²) >= 11 is 0. The molecule has 0 spiro atoms. The van der Waals surface area contributed by atoms with Crippen LogP contribution in [0.25, 0.3) is 11.5 Å². The summed E-state index contributed by atoms with van der Waals surface area (Å²) in [5.41, 5.74) is 2.02. The summed E-state index contributed by atoms with van der Waals surface area (Å²) in [6.45, 7) is 1.15. The van der Waals surface area contributed by atoms with Gasteiger partial charge in [0.1, 0.15) is 11.5 Å². The number of likely N-dealkylation sites (tertiary alicyclic amines) is 1. The number of esters is 1. The summed E-state index contributed by atoms with van der Waals surface area (Å²) < 4.78 is 16.4. The van der Waals surface area contributed by atoms with Crippen molar-refractivity contribution in [3.05, 3.63) is 59.4 Å². The molecular weight excluding hydrogens is 422 g/mol. The van der Waals surface area contributed by atoms with Crippen LogP contribution in [0, 0.1) is 0 Å². The van der Waals surface area contributed by atoms with Gasteiger partial charge >= 0.3 is 5.97 Å². The largest absolute Gasteiger partial charge is 0.465 e. The molecule has 1 aromatic heterocycles. The number of rotatable bonds is 7. The van der Waals surface area contributed by atoms with Crippen molar-refractivity contribution in [2.75, 3.05) is 13.7 Å². The van der Waals surface area contributed by atoms with Gasteiger partial charge < -0.3 is 18.9 Å². The van der Waals surface area contributed by atoms with Crippen LogP contribution >= 0.6 is 0 Å². The highest BCUT2D eigenvalue weighted by molar-refractivity contribution is 5.90. The smallest absolute Gasteiger partial charge is 0.337 e. The Bertz CT molecular complexity index is 1170. The van der Waals surface area contributed by atoms with E-state index in [2.05, 4.69) is 10.1 Å². The molecule has 1 aliphatic heterocycles. The highest BCUT2D eigenvalue weighted by atomic mass is 16.5. The molecule has 2 fully saturated rings. The third-order valence-electron chi connectivity index (χ3n) is 6.26. The Balaban J connectivity index is 1.36. The fourth-order valence-electron chi connectivity index (χ4n) is 4.08. The van der Waals surface area contributed by atoms with Gasteiger partial charge in [0.15, 0.2) is 5.82 Å². The monoisotopic (exact) mass is 447 g/mol. The molecule has 0 unspecified atom stereocenters. The van der Waals surface area contributed by atoms with Crippen LogP contribution in [0.3, 0.4) is 0 Å². The number of carbonyl (C=O) groups excluding carboxylic acids is 2. The lowest BCUT2D eigenvalue weighted by Crippen LogP contribution is -2.24. The zero-order valence-electron chi connectivity index (χ0n) is 18.5. The molecule has 3 aromatic rings. The van der Waals surface area contributed by atoms with Crippen LogP contribution in [-0.2, 0) is 16.1 Å². The molecule has 0 radical (unpaired) electrons. The molecule has 33 heavy (non-hydrogen) atoms. The second-order valence-electron chi connectivity index (χ2n) is 8.44. The number of hydrogen-bond donors (Lipinski definition) is 0. The zero-order valence-corrected chi connectivity index (χ0v) is 18.5. The van der Waals surface area contributed by atoms with Gasteiger partial charge in [-0.3, -0.25) is 4.79 Å². The summed E-state index contributed by atoms with van der Waals surface area (Å²) in [6.07, 6.45) is 4.86. The van der Waals surface area contributed by atoms with E-state index in [1.54, 1.807) is 17.0 Å². The van der Waals surface area contributed by atoms with E-state index in [-0.39, 0.29) is 5.91 Å². The third kappa shape index (κ3) is 4.46. The number of ether oxygens (including phenoxy) is 2. The van der Waals surface area contributed by atoms with E-state index in [0.717, 1.165) is 42.8 Å². The Hall–Kier alpha value is -3.68. The van der Waals surface area contributed by atoms with Gasteiger partial charge in [-0.15, -0.1) is 0 Å². The molecule has 1 aliphatic carbocycles. The molecular formula is C25H25N3O5. The molecule has 1 amide bonds. The maximum atomic E-state index is 12.1. The van der Waals surface area contributed by atoms with E-state index in [9.17, 15) is 9.59 Å². The van der Waals surface area contributed by atoms with E-state index in [0.29, 0.717) is 41.8 Å². The minimum absolute atomic E-state index is 0.128. The predicted molar refractivity (Wildman–Crippen MR) is 119 cm³/mol. The average molecular weight is 447 g/mol. The predicted octanol–water partition coefficient (Wildman–Crippen LogP) is 4.71. The van der Waals surface area contributed by atoms with Crippen LogP contribution < -0.4 is 4.74 Å². The second kappa shape index (κ2) is 9.05. The van der Waals surface area contributed by atoms with Crippen LogP contribution in [-0.4, -0.2) is 40.6 Å². The lowest BCUT2D eigenvalue weighted by atomic mass is 9.85. The van der Waals surface area contributed by atoms with E-state index in [1.807, 2.05) is 30.3 Å². The summed E-state index contributed by atoms with van der Waals surface area (Å²) in [4.78, 5) is 30.5. The lowest BCUT2D eigenvalue weighted by molar-refractivity contribution is -0.128. The van der Waals surface area contributed by atoms with E-state index < -0.39 is 5.97 Å². The maximum Gasteiger partial charge on any atom is 0.337 e. The fourth-order valence-corrected chi connectivity index (χ4v) is 4.08. The standard InChI is InChI=1S/C25H25N3O5/c1-31-25(30)18-7-8-19(15-28-13-3-6-22(28)29)21(14-18)32-20-11-9-17(10-12-20)24-26-23(27-33-24)16-4-2-5-16/h7-12,14,16H,2-6,13,15H2,1H3. The van der Waals surface area contributed by atoms with Gasteiger partial charge in [-0.05, 0) is 55.7 Å². The first kappa shape index (κ1) is 21.2. The Morgan fingerprint density at radius 2 is 1.97 bits per heavy atom. The van der Waals surface area contributed by atoms with Crippen LogP contribution in [0.4, 0.5) is 0 Å². The van der Waals surface area contributed by atoms with Crippen LogP contribution in [0.5, 0.6) is 11.5 Å². The normalized spacial score (nSPS) is 16.0. The van der Waals surface area contributed by atoms with Crippen molar-refractivity contribution in [1.82, 2.24) is 15.0 Å². The molecule has 1 saturated carbocycles. The van der Waals surface area contributed by atoms with E-state index >= 15 is 0 Å². The van der Waals surface area contributed by atoms with Gasteiger partial charge in [0.25, 0.3) is 5.89 Å². The van der Waals surface area contributed by atoms with Gasteiger partial charge in [-0.2, -0.15) is 4.98 Å². The Morgan fingerprint density at radius 1 is 1.15 bits per heavy atom. The topological polar surface area (TPSA) is 94.8 Å². The summed E-state index contributed by atoms with van der Waals surface area (Å²) in [5.74, 6) is 2.46. The molecule has 8 nitrogen and oxygen atoms in total. The molecule has 2 aliphatic rings. The highest BCUT2D eigenvalue weighted by Gasteiger charge is 2.25. The molecule has 8 heteroatoms. The zero-order chi connectivity index (χ0) is 22.8. The Morgan fingerprint density at radius 3 is 2.64 bits per heavy atom. The number of aromatic nitrogens is 2. The number of methoxy groups -OCH3 is 1. The number of amides is 1. The SMILES string of the molecule is COC(=O)c1ccc(CN2CCCC2=O)c(Oc2ccc(-c3nc(C4CCC4)no3)cc2)c1. The molecule has 0 bridgehead atoms. The summed E-state index contributed by atoms with van der Waals surface area (Å²) in [7, 11) is 1.34. The molecule has 0 N–H and O–H groups in total. The Labute approximate surface area is 191 Å². The fraction of sp³-hybridized carbons (Fsp3) is 0.360. The van der Waals surface area contributed by atoms with E-state index in [4.69, 9.17) is 14.0 Å². The van der Waals surface area contributed by atoms with Gasteiger partial charge in [0.2, 0.25) is 5.91 Å². The molecule has 0 atom stereocenters. The third-order valence-corrected chi connectivity index (χ3v) is 6.26. The van der Waals surface area contributed by atoms with Crippen molar-refractivity contribution in [3.63, 3.8) is 0 Å². The number of carbonyl (C=O) groups is 2. The second-order valence-corrected chi connectivity index (χ2v) is 8.44. The van der Waals surface area contributed by atoms with Gasteiger partial charge in [0, 0.05) is 36.6 Å². The summed E-state index contributed by atoms with van der Waals surface area (Å²) in [5, 5.41) is 4.11. The first-order valence-corrected chi connectivity index (χ1v) is 11.2. The van der Waals surface area contributed by atoms with Crippen LogP contribution in [0.15, 0.2) is 47.0 Å². The van der Waals surface area contributed by atoms with E-state index in [1.165, 1.54) is 13.5 Å². The van der Waals surface area contributed by atoms with Gasteiger partial charge in [-0.1, -0.05) is 17.6 Å². The van der Waals surface area contributed by atoms with Crippen LogP contribution in [0.1, 0.15) is 59.8 Å². The van der Waals surface area contributed by atoms with Gasteiger partial charge in [-0.25, -0.2) is 4.79 Å². The molecule has 2 heterocycles. The van der Waals surface area contributed by atoms with Crippen molar-refractivity contribution < 1.29 is 23.6 Å². The number of benzene rings is 2. The van der Waals surface area contributed by atoms with Crippen molar-refractivity contribution >= 4 is 11.9 Å². The number of hydrogen-bond acceptors (Lipinski definition) is 7. The number of nitrogens with zero attached hydrogens (tertiary/aromatic N) is 3. The van der Waals surface area contributed by atoms with Crippen molar-refractivity contribution in [1.29, 1.82) is 0 Å². The molecule has 1 saturated heterocycles. The van der Waals surface area contributed by atoms with Crippen molar-refractivity contribution in [2.24, 2.45) is 0 Å². The highest BCUT2D eigenvalue weighted by Crippen LogP contribution is 2.36. The van der Waals surface area contributed by atoms with Crippen LogP contribution in [0.2, 0.25) is 0 Å².